The van der Waals surface area contributed by atoms with E-state index >= 15 is 0 Å². The Hall–Kier alpha value is -1.90. The molecule has 0 atom stereocenters. The molecule has 1 heterocycles. The molecule has 0 aromatic heterocycles. The first-order chi connectivity index (χ1) is 7.70. The monoisotopic (exact) mass is 213 g/mol. The van der Waals surface area contributed by atoms with E-state index in [9.17, 15) is 9.59 Å². The number of hydrogen-bond acceptors (Lipinski definition) is 2. The lowest BCUT2D eigenvalue weighted by atomic mass is 9.72. The third kappa shape index (κ3) is 1.03. The molecule has 0 unspecified atom stereocenters. The highest BCUT2D eigenvalue weighted by molar-refractivity contribution is 6.15. The summed E-state index contributed by atoms with van der Waals surface area (Å²) in [5.41, 5.74) is 1.45. The van der Waals surface area contributed by atoms with Gasteiger partial charge in [-0.2, -0.15) is 0 Å². The molecule has 80 valence electrons. The van der Waals surface area contributed by atoms with E-state index in [0.29, 0.717) is 0 Å². The van der Waals surface area contributed by atoms with Gasteiger partial charge in [-0.3, -0.25) is 14.5 Å². The molecule has 3 heteroatoms. The molecule has 3 aliphatic rings. The van der Waals surface area contributed by atoms with Crippen LogP contribution in [0, 0.1) is 11.8 Å². The molecule has 2 aliphatic carbocycles. The normalized spacial score (nSPS) is 31.2. The van der Waals surface area contributed by atoms with Crippen molar-refractivity contribution >= 4 is 11.8 Å². The number of carbonyl (C=O) groups excluding carboxylic acids is 2. The van der Waals surface area contributed by atoms with Gasteiger partial charge in [0.15, 0.2) is 0 Å². The Balaban J connectivity index is 2.19. The van der Waals surface area contributed by atoms with Crippen molar-refractivity contribution in [2.24, 2.45) is 11.8 Å². The minimum Gasteiger partial charge on any atom is -0.278 e. The van der Waals surface area contributed by atoms with Crippen molar-refractivity contribution in [2.45, 2.75) is 0 Å². The standard InChI is InChI=1S/C13H11NO2/c1-14-12(15)9-6-2-4-8-5-3-7-10(11(8)9)13(14)16/h2-8,11H,1H3. The molecule has 0 aromatic carbocycles. The molecule has 0 saturated carbocycles. The zero-order valence-corrected chi connectivity index (χ0v) is 8.88. The highest BCUT2D eigenvalue weighted by atomic mass is 16.2. The van der Waals surface area contributed by atoms with Crippen LogP contribution in [0.25, 0.3) is 0 Å². The molecule has 1 aliphatic heterocycles. The summed E-state index contributed by atoms with van der Waals surface area (Å²) >= 11 is 0. The van der Waals surface area contributed by atoms with Crippen molar-refractivity contribution in [3.63, 3.8) is 0 Å². The van der Waals surface area contributed by atoms with E-state index in [1.165, 1.54) is 11.9 Å². The predicted octanol–water partition coefficient (Wildman–Crippen LogP) is 1.21. The third-order valence-electron chi connectivity index (χ3n) is 3.38. The molecule has 0 spiro atoms. The first-order valence-corrected chi connectivity index (χ1v) is 5.29. The SMILES string of the molecule is CN1C(=O)C2=CC=CC3C=CC=C(C1=O)C23. The molecule has 0 N–H and O–H groups in total. The van der Waals surface area contributed by atoms with Crippen LogP contribution in [0.5, 0.6) is 0 Å². The number of nitrogens with zero attached hydrogens (tertiary/aromatic N) is 1. The number of hydrogen-bond donors (Lipinski definition) is 0. The third-order valence-corrected chi connectivity index (χ3v) is 3.38. The number of likely N-dealkylation sites (N-methyl/N-ethyl adjacent to an activating group) is 1. The van der Waals surface area contributed by atoms with Crippen LogP contribution in [0.3, 0.4) is 0 Å². The summed E-state index contributed by atoms with van der Waals surface area (Å²) in [5.74, 6) is -0.249. The lowest BCUT2D eigenvalue weighted by molar-refractivity contribution is -0.141. The molecule has 1 saturated heterocycles. The largest absolute Gasteiger partial charge is 0.278 e. The molecule has 3 rings (SSSR count). The number of carbonyl (C=O) groups is 2. The zero-order valence-electron chi connectivity index (χ0n) is 8.88. The van der Waals surface area contributed by atoms with Crippen molar-refractivity contribution in [2.75, 3.05) is 7.05 Å². The van der Waals surface area contributed by atoms with Crippen LogP contribution in [-0.4, -0.2) is 23.8 Å². The molecule has 0 bridgehead atoms. The summed E-state index contributed by atoms with van der Waals surface area (Å²) in [4.78, 5) is 25.1. The van der Waals surface area contributed by atoms with Crippen LogP contribution >= 0.6 is 0 Å². The summed E-state index contributed by atoms with van der Waals surface area (Å²) in [5, 5.41) is 0. The lowest BCUT2D eigenvalue weighted by Crippen LogP contribution is -2.46. The van der Waals surface area contributed by atoms with Crippen LogP contribution in [0.1, 0.15) is 0 Å². The van der Waals surface area contributed by atoms with Gasteiger partial charge in [0.1, 0.15) is 0 Å². The van der Waals surface area contributed by atoms with Crippen molar-refractivity contribution < 1.29 is 9.59 Å². The van der Waals surface area contributed by atoms with Gasteiger partial charge < -0.3 is 0 Å². The van der Waals surface area contributed by atoms with Crippen LogP contribution < -0.4 is 0 Å². The van der Waals surface area contributed by atoms with Gasteiger partial charge in [-0.05, 0) is 0 Å². The van der Waals surface area contributed by atoms with Gasteiger partial charge in [0.05, 0.1) is 0 Å². The molecule has 16 heavy (non-hydrogen) atoms. The Morgan fingerprint density at radius 3 is 2.00 bits per heavy atom. The fourth-order valence-electron chi connectivity index (χ4n) is 2.54. The Bertz CT molecular complexity index is 464. The first kappa shape index (κ1) is 9.33. The van der Waals surface area contributed by atoms with E-state index in [4.69, 9.17) is 0 Å². The van der Waals surface area contributed by atoms with Gasteiger partial charge in [0, 0.05) is 30.0 Å². The van der Waals surface area contributed by atoms with Crippen molar-refractivity contribution in [3.8, 4) is 0 Å². The van der Waals surface area contributed by atoms with Crippen LogP contribution in [0.4, 0.5) is 0 Å². The number of imide groups is 1. The molecule has 0 radical (unpaired) electrons. The minimum absolute atomic E-state index is 0.0637. The van der Waals surface area contributed by atoms with E-state index in [-0.39, 0.29) is 23.7 Å². The summed E-state index contributed by atoms with van der Waals surface area (Å²) in [6, 6.07) is 0. The zero-order chi connectivity index (χ0) is 11.3. The molecular formula is C13H11NO2. The van der Waals surface area contributed by atoms with Crippen LogP contribution in [0.2, 0.25) is 0 Å². The van der Waals surface area contributed by atoms with Crippen molar-refractivity contribution in [3.05, 3.63) is 47.6 Å². The maximum atomic E-state index is 12.0. The molecule has 3 nitrogen and oxygen atoms in total. The molecular weight excluding hydrogens is 202 g/mol. The smallest absolute Gasteiger partial charge is 0.257 e. The quantitative estimate of drug-likeness (QED) is 0.567. The maximum absolute atomic E-state index is 12.0. The van der Waals surface area contributed by atoms with Gasteiger partial charge in [-0.1, -0.05) is 36.5 Å². The molecule has 2 amide bonds. The Morgan fingerprint density at radius 2 is 1.50 bits per heavy atom. The Morgan fingerprint density at radius 1 is 1.00 bits per heavy atom. The predicted molar refractivity (Wildman–Crippen MR) is 59.2 cm³/mol. The second kappa shape index (κ2) is 3.04. The Kier molecular flexibility index (Phi) is 1.78. The van der Waals surface area contributed by atoms with Gasteiger partial charge >= 0.3 is 0 Å². The van der Waals surface area contributed by atoms with Crippen LogP contribution in [0.15, 0.2) is 47.6 Å². The second-order valence-corrected chi connectivity index (χ2v) is 4.24. The number of rotatable bonds is 0. The average Bonchev–Trinajstić information content (AvgIpc) is 2.33. The number of amides is 2. The van der Waals surface area contributed by atoms with E-state index in [1.54, 1.807) is 0 Å². The van der Waals surface area contributed by atoms with E-state index in [2.05, 4.69) is 0 Å². The first-order valence-electron chi connectivity index (χ1n) is 5.29. The highest BCUT2D eigenvalue weighted by Crippen LogP contribution is 2.40. The fourth-order valence-corrected chi connectivity index (χ4v) is 2.54. The summed E-state index contributed by atoms with van der Waals surface area (Å²) < 4.78 is 0. The van der Waals surface area contributed by atoms with Gasteiger partial charge in [0.2, 0.25) is 0 Å². The van der Waals surface area contributed by atoms with Gasteiger partial charge in [-0.25, -0.2) is 0 Å². The summed E-state index contributed by atoms with van der Waals surface area (Å²) in [7, 11) is 1.54. The second-order valence-electron chi connectivity index (χ2n) is 4.24. The maximum Gasteiger partial charge on any atom is 0.257 e. The highest BCUT2D eigenvalue weighted by Gasteiger charge is 2.42. The van der Waals surface area contributed by atoms with Crippen LogP contribution in [-0.2, 0) is 9.59 Å². The van der Waals surface area contributed by atoms with E-state index in [0.717, 1.165) is 11.1 Å². The lowest BCUT2D eigenvalue weighted by Gasteiger charge is -2.37. The number of allylic oxidation sites excluding steroid dienone is 6. The van der Waals surface area contributed by atoms with Crippen molar-refractivity contribution in [1.82, 2.24) is 4.90 Å². The summed E-state index contributed by atoms with van der Waals surface area (Å²) in [6.07, 6.45) is 11.5. The van der Waals surface area contributed by atoms with E-state index in [1.807, 2.05) is 36.5 Å². The van der Waals surface area contributed by atoms with Gasteiger partial charge in [0.25, 0.3) is 11.8 Å². The number of piperidine rings is 1. The Labute approximate surface area is 93.4 Å². The molecule has 1 fully saturated rings. The van der Waals surface area contributed by atoms with Crippen molar-refractivity contribution in [1.29, 1.82) is 0 Å². The summed E-state index contributed by atoms with van der Waals surface area (Å²) in [6.45, 7) is 0. The van der Waals surface area contributed by atoms with E-state index < -0.39 is 0 Å². The topological polar surface area (TPSA) is 37.4 Å². The van der Waals surface area contributed by atoms with Gasteiger partial charge in [-0.15, -0.1) is 0 Å². The number of likely N-dealkylation sites (tertiary alicyclic amines) is 1. The minimum atomic E-state index is -0.170. The fraction of sp³-hybridized carbons (Fsp3) is 0.231. The molecule has 0 aromatic rings. The average molecular weight is 213 g/mol.